The van der Waals surface area contributed by atoms with E-state index in [-0.39, 0.29) is 11.7 Å². The number of hydrogen-bond acceptors (Lipinski definition) is 6. The van der Waals surface area contributed by atoms with Gasteiger partial charge in [0, 0.05) is 18.0 Å². The minimum atomic E-state index is -0.136. The Morgan fingerprint density at radius 1 is 1.10 bits per heavy atom. The molecule has 2 aromatic heterocycles. The third kappa shape index (κ3) is 4.23. The number of hydrogen-bond donors (Lipinski definition) is 1. The fourth-order valence-corrected chi connectivity index (χ4v) is 3.76. The zero-order valence-electron chi connectivity index (χ0n) is 16.5. The maximum absolute atomic E-state index is 12.4. The van der Waals surface area contributed by atoms with Crippen molar-refractivity contribution in [3.05, 3.63) is 67.0 Å². The van der Waals surface area contributed by atoms with Crippen molar-refractivity contribution in [2.45, 2.75) is 5.03 Å². The van der Waals surface area contributed by atoms with Crippen molar-refractivity contribution in [3.63, 3.8) is 0 Å². The number of amides is 1. The summed E-state index contributed by atoms with van der Waals surface area (Å²) in [7, 11) is 3.21. The van der Waals surface area contributed by atoms with Gasteiger partial charge in [-0.15, -0.1) is 0 Å². The molecule has 0 atom stereocenters. The molecule has 0 saturated carbocycles. The van der Waals surface area contributed by atoms with Gasteiger partial charge >= 0.3 is 0 Å². The maximum atomic E-state index is 12.4. The zero-order chi connectivity index (χ0) is 20.9. The summed E-state index contributed by atoms with van der Waals surface area (Å²) in [5.74, 6) is 1.49. The molecule has 0 bridgehead atoms. The maximum Gasteiger partial charge on any atom is 0.234 e. The second kappa shape index (κ2) is 8.87. The molecule has 2 aromatic carbocycles. The first-order chi connectivity index (χ1) is 14.7. The Labute approximate surface area is 178 Å². The van der Waals surface area contributed by atoms with E-state index in [1.807, 2.05) is 42.5 Å². The van der Waals surface area contributed by atoms with Crippen LogP contribution < -0.4 is 14.8 Å². The second-order valence-electron chi connectivity index (χ2n) is 6.36. The summed E-state index contributed by atoms with van der Waals surface area (Å²) in [5.41, 5.74) is 3.29. The van der Waals surface area contributed by atoms with E-state index >= 15 is 0 Å². The highest BCUT2D eigenvalue weighted by molar-refractivity contribution is 8.00. The van der Waals surface area contributed by atoms with Crippen molar-refractivity contribution >= 4 is 28.9 Å². The van der Waals surface area contributed by atoms with Gasteiger partial charge in [0.1, 0.15) is 16.5 Å². The number of fused-ring (bicyclic) bond motifs is 1. The van der Waals surface area contributed by atoms with Crippen LogP contribution in [0, 0.1) is 0 Å². The topological polar surface area (TPSA) is 77.8 Å². The average molecular weight is 420 g/mol. The van der Waals surface area contributed by atoms with E-state index in [0.717, 1.165) is 27.5 Å². The highest BCUT2D eigenvalue weighted by Gasteiger charge is 2.12. The van der Waals surface area contributed by atoms with Crippen LogP contribution in [0.4, 0.5) is 5.69 Å². The summed E-state index contributed by atoms with van der Waals surface area (Å²) in [4.78, 5) is 16.9. The van der Waals surface area contributed by atoms with Crippen molar-refractivity contribution in [2.24, 2.45) is 0 Å². The van der Waals surface area contributed by atoms with Gasteiger partial charge in [-0.25, -0.2) is 9.50 Å². The molecule has 2 heterocycles. The molecule has 0 spiro atoms. The molecule has 0 aliphatic carbocycles. The van der Waals surface area contributed by atoms with Crippen LogP contribution in [0.3, 0.4) is 0 Å². The van der Waals surface area contributed by atoms with Gasteiger partial charge in [0.2, 0.25) is 5.91 Å². The molecule has 4 aromatic rings. The number of thioether (sulfide) groups is 1. The van der Waals surface area contributed by atoms with Crippen LogP contribution in [0.25, 0.3) is 16.8 Å². The number of ether oxygens (including phenoxy) is 2. The lowest BCUT2D eigenvalue weighted by molar-refractivity contribution is -0.113. The van der Waals surface area contributed by atoms with Crippen LogP contribution in [0.15, 0.2) is 72.0 Å². The number of rotatable bonds is 7. The van der Waals surface area contributed by atoms with Crippen molar-refractivity contribution in [1.82, 2.24) is 14.6 Å². The van der Waals surface area contributed by atoms with Gasteiger partial charge in [0.15, 0.2) is 0 Å². The first kappa shape index (κ1) is 19.8. The fraction of sp³-hybridized carbons (Fsp3) is 0.136. The van der Waals surface area contributed by atoms with E-state index in [1.165, 1.54) is 11.8 Å². The molecule has 30 heavy (non-hydrogen) atoms. The van der Waals surface area contributed by atoms with E-state index in [9.17, 15) is 4.79 Å². The number of anilines is 1. The number of aromatic nitrogens is 3. The van der Waals surface area contributed by atoms with Crippen LogP contribution in [-0.4, -0.2) is 40.5 Å². The number of methoxy groups -OCH3 is 2. The molecule has 0 aliphatic heterocycles. The minimum Gasteiger partial charge on any atom is -0.497 e. The lowest BCUT2D eigenvalue weighted by Crippen LogP contribution is -2.14. The predicted molar refractivity (Wildman–Crippen MR) is 117 cm³/mol. The molecule has 0 unspecified atom stereocenters. The van der Waals surface area contributed by atoms with Crippen LogP contribution in [0.1, 0.15) is 0 Å². The number of nitrogens with zero attached hydrogens (tertiary/aromatic N) is 3. The van der Waals surface area contributed by atoms with Gasteiger partial charge in [-0.2, -0.15) is 5.10 Å². The summed E-state index contributed by atoms with van der Waals surface area (Å²) in [6.07, 6.45) is 3.47. The summed E-state index contributed by atoms with van der Waals surface area (Å²) in [6.45, 7) is 0. The molecule has 0 radical (unpaired) electrons. The Hall–Kier alpha value is -3.52. The fourth-order valence-electron chi connectivity index (χ4n) is 2.98. The molecule has 0 fully saturated rings. The van der Waals surface area contributed by atoms with E-state index < -0.39 is 0 Å². The predicted octanol–water partition coefficient (Wildman–Crippen LogP) is 4.14. The number of benzene rings is 2. The number of nitrogens with one attached hydrogen (secondary N) is 1. The SMILES string of the molecule is COc1ccc(-c2cc3c(SCC(=O)Nc4ccccc4OC)nccn3n2)cc1. The largest absolute Gasteiger partial charge is 0.497 e. The second-order valence-corrected chi connectivity index (χ2v) is 7.32. The molecule has 1 N–H and O–H groups in total. The molecule has 0 saturated heterocycles. The third-order valence-electron chi connectivity index (χ3n) is 4.46. The Bertz CT molecular complexity index is 1170. The Morgan fingerprint density at radius 2 is 1.90 bits per heavy atom. The Kier molecular flexibility index (Phi) is 5.85. The van der Waals surface area contributed by atoms with E-state index in [4.69, 9.17) is 9.47 Å². The lowest BCUT2D eigenvalue weighted by Gasteiger charge is -2.09. The normalized spacial score (nSPS) is 10.7. The van der Waals surface area contributed by atoms with E-state index in [0.29, 0.717) is 11.4 Å². The Morgan fingerprint density at radius 3 is 2.67 bits per heavy atom. The highest BCUT2D eigenvalue weighted by Crippen LogP contribution is 2.28. The molecule has 152 valence electrons. The first-order valence-corrected chi connectivity index (χ1v) is 10.2. The molecule has 1 amide bonds. The van der Waals surface area contributed by atoms with E-state index in [1.54, 1.807) is 43.3 Å². The summed E-state index contributed by atoms with van der Waals surface area (Å²) in [5, 5.41) is 8.23. The van der Waals surface area contributed by atoms with Gasteiger partial charge in [0.25, 0.3) is 0 Å². The minimum absolute atomic E-state index is 0.136. The first-order valence-electron chi connectivity index (χ1n) is 9.22. The van der Waals surface area contributed by atoms with Crippen LogP contribution >= 0.6 is 11.8 Å². The summed E-state index contributed by atoms with van der Waals surface area (Å²) < 4.78 is 12.3. The van der Waals surface area contributed by atoms with Gasteiger partial charge in [-0.05, 0) is 42.5 Å². The van der Waals surface area contributed by atoms with Crippen LogP contribution in [0.2, 0.25) is 0 Å². The quantitative estimate of drug-likeness (QED) is 0.453. The van der Waals surface area contributed by atoms with Crippen molar-refractivity contribution < 1.29 is 14.3 Å². The molecule has 8 heteroatoms. The lowest BCUT2D eigenvalue weighted by atomic mass is 10.1. The molecule has 7 nitrogen and oxygen atoms in total. The van der Waals surface area contributed by atoms with Crippen molar-refractivity contribution in [2.75, 3.05) is 25.3 Å². The smallest absolute Gasteiger partial charge is 0.234 e. The summed E-state index contributed by atoms with van der Waals surface area (Å²) in [6, 6.07) is 17.0. The van der Waals surface area contributed by atoms with E-state index in [2.05, 4.69) is 15.4 Å². The van der Waals surface area contributed by atoms with Crippen molar-refractivity contribution in [3.8, 4) is 22.8 Å². The number of carbonyl (C=O) groups excluding carboxylic acids is 1. The molecular weight excluding hydrogens is 400 g/mol. The van der Waals surface area contributed by atoms with Gasteiger partial charge in [-0.3, -0.25) is 4.79 Å². The van der Waals surface area contributed by atoms with Gasteiger partial charge in [-0.1, -0.05) is 23.9 Å². The van der Waals surface area contributed by atoms with Gasteiger partial charge < -0.3 is 14.8 Å². The summed E-state index contributed by atoms with van der Waals surface area (Å²) >= 11 is 1.36. The monoisotopic (exact) mass is 420 g/mol. The Balaban J connectivity index is 1.50. The molecule has 0 aliphatic rings. The molecule has 4 rings (SSSR count). The van der Waals surface area contributed by atoms with Crippen molar-refractivity contribution in [1.29, 1.82) is 0 Å². The van der Waals surface area contributed by atoms with Crippen LogP contribution in [-0.2, 0) is 4.79 Å². The number of para-hydroxylation sites is 2. The average Bonchev–Trinajstić information content (AvgIpc) is 3.23. The highest BCUT2D eigenvalue weighted by atomic mass is 32.2. The van der Waals surface area contributed by atoms with Gasteiger partial charge in [0.05, 0.1) is 36.9 Å². The third-order valence-corrected chi connectivity index (χ3v) is 5.46. The standard InChI is InChI=1S/C22H20N4O3S/c1-28-16-9-7-15(8-10-16)18-13-19-22(23-11-12-26(19)25-18)30-14-21(27)24-17-5-3-4-6-20(17)29-2/h3-13H,14H2,1-2H3,(H,24,27). The zero-order valence-corrected chi connectivity index (χ0v) is 17.3. The molecular formula is C22H20N4O3S. The van der Waals surface area contributed by atoms with Crippen LogP contribution in [0.5, 0.6) is 11.5 Å². The number of carbonyl (C=O) groups is 1.